The molecule has 7 nitrogen and oxygen atoms in total. The van der Waals surface area contributed by atoms with Crippen LogP contribution in [0.25, 0.3) is 11.4 Å². The first-order chi connectivity index (χ1) is 13.9. The van der Waals surface area contributed by atoms with E-state index in [0.717, 1.165) is 29.5 Å². The number of nitrogens with zero attached hydrogens (tertiary/aromatic N) is 2. The second-order valence-electron chi connectivity index (χ2n) is 7.19. The molecule has 0 saturated heterocycles. The van der Waals surface area contributed by atoms with Gasteiger partial charge in [0.05, 0.1) is 18.2 Å². The summed E-state index contributed by atoms with van der Waals surface area (Å²) in [4.78, 5) is 15.9. The van der Waals surface area contributed by atoms with Gasteiger partial charge < -0.3 is 9.26 Å². The van der Waals surface area contributed by atoms with E-state index < -0.39 is 11.5 Å². The largest absolute Gasteiger partial charge is 0.452 e. The van der Waals surface area contributed by atoms with Gasteiger partial charge in [0.25, 0.3) is 0 Å². The number of benzene rings is 2. The molecule has 2 aromatic carbocycles. The highest BCUT2D eigenvalue weighted by Crippen LogP contribution is 2.53. The summed E-state index contributed by atoms with van der Waals surface area (Å²) in [5, 5.41) is 4.12. The zero-order chi connectivity index (χ0) is 20.6. The Kier molecular flexibility index (Phi) is 4.70. The summed E-state index contributed by atoms with van der Waals surface area (Å²) >= 11 is 0. The molecule has 2 N–H and O–H groups in total. The van der Waals surface area contributed by atoms with Crippen LogP contribution >= 0.6 is 0 Å². The Morgan fingerprint density at radius 3 is 2.69 bits per heavy atom. The third-order valence-electron chi connectivity index (χ3n) is 5.39. The lowest BCUT2D eigenvalue weighted by atomic mass is 9.95. The molecule has 0 aliphatic heterocycles. The van der Waals surface area contributed by atoms with E-state index in [1.165, 1.54) is 13.2 Å². The molecule has 1 heterocycles. The van der Waals surface area contributed by atoms with E-state index in [-0.39, 0.29) is 5.82 Å². The van der Waals surface area contributed by atoms with E-state index in [9.17, 15) is 9.18 Å². The molecule has 1 saturated carbocycles. The highest BCUT2D eigenvalue weighted by molar-refractivity contribution is 5.72. The van der Waals surface area contributed by atoms with Crippen LogP contribution in [0.1, 0.15) is 35.4 Å². The molecular formula is C21H21FN4O3. The molecule has 0 spiro atoms. The first-order valence-corrected chi connectivity index (χ1v) is 9.25. The molecule has 29 heavy (non-hydrogen) atoms. The lowest BCUT2D eigenvalue weighted by Crippen LogP contribution is -2.29. The Morgan fingerprint density at radius 1 is 1.24 bits per heavy atom. The van der Waals surface area contributed by atoms with Crippen molar-refractivity contribution in [1.82, 2.24) is 15.6 Å². The topological polar surface area (TPSA) is 89.3 Å². The van der Waals surface area contributed by atoms with Gasteiger partial charge in [-0.3, -0.25) is 5.43 Å². The van der Waals surface area contributed by atoms with Crippen molar-refractivity contribution < 1.29 is 18.4 Å². The highest BCUT2D eigenvalue weighted by Gasteiger charge is 2.52. The zero-order valence-electron chi connectivity index (χ0n) is 16.4. The molecule has 0 unspecified atom stereocenters. The number of carbonyl (C=O) groups is 1. The second kappa shape index (κ2) is 7.20. The predicted molar refractivity (Wildman–Crippen MR) is 105 cm³/mol. The minimum Gasteiger partial charge on any atom is -0.452 e. The molecule has 8 heteroatoms. The summed E-state index contributed by atoms with van der Waals surface area (Å²) in [6, 6.07) is 10.4. The Hall–Kier alpha value is -3.42. The van der Waals surface area contributed by atoms with Crippen molar-refractivity contribution in [3.8, 4) is 11.4 Å². The first-order valence-electron chi connectivity index (χ1n) is 9.25. The molecular weight excluding hydrogens is 375 g/mol. The molecule has 1 amide bonds. The molecule has 150 valence electrons. The zero-order valence-corrected chi connectivity index (χ0v) is 16.4. The van der Waals surface area contributed by atoms with Crippen molar-refractivity contribution in [2.75, 3.05) is 12.5 Å². The van der Waals surface area contributed by atoms with Gasteiger partial charge in [0.2, 0.25) is 11.7 Å². The van der Waals surface area contributed by atoms with Gasteiger partial charge >= 0.3 is 6.09 Å². The van der Waals surface area contributed by atoms with Gasteiger partial charge in [-0.15, -0.1) is 0 Å². The van der Waals surface area contributed by atoms with Crippen molar-refractivity contribution in [2.45, 2.75) is 32.1 Å². The number of anilines is 1. The highest BCUT2D eigenvalue weighted by atomic mass is 19.1. The van der Waals surface area contributed by atoms with Crippen LogP contribution in [0.3, 0.4) is 0 Å². The monoisotopic (exact) mass is 396 g/mol. The number of ether oxygens (including phenoxy) is 1. The maximum absolute atomic E-state index is 14.3. The standard InChI is InChI=1S/C21H21FN4O3/c1-12-10-14(11-17(13(12)2)24-25-20(27)28-3)18-23-19(29-26-18)21(8-9-21)15-6-4-5-7-16(15)22/h4-7,10-11,24H,8-9H2,1-3H3,(H,25,27). The first kappa shape index (κ1) is 18.9. The number of aryl methyl sites for hydroxylation is 1. The average Bonchev–Trinajstić information content (AvgIpc) is 3.37. The lowest BCUT2D eigenvalue weighted by molar-refractivity contribution is 0.173. The minimum absolute atomic E-state index is 0.267. The van der Waals surface area contributed by atoms with Gasteiger partial charge in [-0.1, -0.05) is 23.4 Å². The summed E-state index contributed by atoms with van der Waals surface area (Å²) in [5.74, 6) is 0.557. The minimum atomic E-state index is -0.602. The third kappa shape index (κ3) is 3.41. The number of methoxy groups -OCH3 is 1. The molecule has 1 aromatic heterocycles. The smallest absolute Gasteiger partial charge is 0.425 e. The normalized spacial score (nSPS) is 14.3. The Labute approximate surface area is 167 Å². The molecule has 1 fully saturated rings. The fourth-order valence-electron chi connectivity index (χ4n) is 3.40. The number of amides is 1. The van der Waals surface area contributed by atoms with Crippen LogP contribution in [0.15, 0.2) is 40.9 Å². The van der Waals surface area contributed by atoms with Gasteiger partial charge in [0, 0.05) is 11.1 Å². The Morgan fingerprint density at radius 2 is 2.00 bits per heavy atom. The lowest BCUT2D eigenvalue weighted by Gasteiger charge is -2.13. The van der Waals surface area contributed by atoms with Crippen LogP contribution in [0.5, 0.6) is 0 Å². The summed E-state index contributed by atoms with van der Waals surface area (Å²) in [5.41, 5.74) is 8.67. The van der Waals surface area contributed by atoms with E-state index in [4.69, 9.17) is 4.52 Å². The second-order valence-corrected chi connectivity index (χ2v) is 7.19. The number of nitrogens with one attached hydrogen (secondary N) is 2. The number of aromatic nitrogens is 2. The average molecular weight is 396 g/mol. The third-order valence-corrected chi connectivity index (χ3v) is 5.39. The molecule has 3 aromatic rings. The van der Waals surface area contributed by atoms with E-state index in [1.807, 2.05) is 32.0 Å². The van der Waals surface area contributed by atoms with Crippen molar-refractivity contribution in [3.63, 3.8) is 0 Å². The number of carbonyl (C=O) groups excluding carboxylic acids is 1. The van der Waals surface area contributed by atoms with Crippen LogP contribution < -0.4 is 10.9 Å². The summed E-state index contributed by atoms with van der Waals surface area (Å²) in [6.45, 7) is 3.88. The van der Waals surface area contributed by atoms with Gasteiger partial charge in [0.15, 0.2) is 0 Å². The van der Waals surface area contributed by atoms with Crippen LogP contribution in [0.2, 0.25) is 0 Å². The molecule has 1 aliphatic carbocycles. The number of hydrogen-bond acceptors (Lipinski definition) is 6. The summed E-state index contributed by atoms with van der Waals surface area (Å²) in [7, 11) is 1.29. The van der Waals surface area contributed by atoms with Crippen LogP contribution in [0, 0.1) is 19.7 Å². The molecule has 0 atom stereocenters. The quantitative estimate of drug-likeness (QED) is 0.627. The molecule has 4 rings (SSSR count). The van der Waals surface area contributed by atoms with Gasteiger partial charge in [-0.2, -0.15) is 4.98 Å². The van der Waals surface area contributed by atoms with E-state index in [1.54, 1.807) is 12.1 Å². The van der Waals surface area contributed by atoms with Crippen molar-refractivity contribution >= 4 is 11.8 Å². The van der Waals surface area contributed by atoms with Gasteiger partial charge in [-0.25, -0.2) is 14.6 Å². The van der Waals surface area contributed by atoms with Crippen LogP contribution in [0.4, 0.5) is 14.9 Å². The van der Waals surface area contributed by atoms with Crippen molar-refractivity contribution in [2.24, 2.45) is 0 Å². The van der Waals surface area contributed by atoms with E-state index in [0.29, 0.717) is 23.0 Å². The van der Waals surface area contributed by atoms with Crippen molar-refractivity contribution in [3.05, 3.63) is 64.8 Å². The maximum Gasteiger partial charge on any atom is 0.425 e. The van der Waals surface area contributed by atoms with Gasteiger partial charge in [0.1, 0.15) is 5.82 Å². The summed E-state index contributed by atoms with van der Waals surface area (Å²) < 4.78 is 24.4. The van der Waals surface area contributed by atoms with Crippen LogP contribution in [-0.2, 0) is 10.2 Å². The van der Waals surface area contributed by atoms with Crippen LogP contribution in [-0.4, -0.2) is 23.3 Å². The fraction of sp³-hybridized carbons (Fsp3) is 0.286. The fourth-order valence-corrected chi connectivity index (χ4v) is 3.40. The Balaban J connectivity index is 1.66. The molecule has 1 aliphatic rings. The number of rotatable bonds is 5. The molecule has 0 bridgehead atoms. The predicted octanol–water partition coefficient (Wildman–Crippen LogP) is 4.26. The molecule has 0 radical (unpaired) electrons. The van der Waals surface area contributed by atoms with E-state index >= 15 is 0 Å². The number of hydrogen-bond donors (Lipinski definition) is 2. The number of hydrazine groups is 1. The Bertz CT molecular complexity index is 1080. The van der Waals surface area contributed by atoms with Gasteiger partial charge in [-0.05, 0) is 56.0 Å². The number of halogens is 1. The van der Waals surface area contributed by atoms with Crippen molar-refractivity contribution in [1.29, 1.82) is 0 Å². The SMILES string of the molecule is COC(=O)NNc1cc(-c2noc(C3(c4ccccc4F)CC3)n2)cc(C)c1C. The summed E-state index contributed by atoms with van der Waals surface area (Å²) in [6.07, 6.45) is 0.923. The van der Waals surface area contributed by atoms with E-state index in [2.05, 4.69) is 25.7 Å². The maximum atomic E-state index is 14.3.